The van der Waals surface area contributed by atoms with Crippen LogP contribution in [0.1, 0.15) is 15.9 Å². The molecule has 22 heavy (non-hydrogen) atoms. The molecule has 0 saturated carbocycles. The van der Waals surface area contributed by atoms with Crippen molar-refractivity contribution in [3.63, 3.8) is 0 Å². The van der Waals surface area contributed by atoms with Gasteiger partial charge in [0.05, 0.1) is 5.52 Å². The highest BCUT2D eigenvalue weighted by Crippen LogP contribution is 2.14. The molecule has 1 heterocycles. The molecule has 110 valence electrons. The Morgan fingerprint density at radius 3 is 2.64 bits per heavy atom. The zero-order valence-electron chi connectivity index (χ0n) is 11.5. The number of benzene rings is 2. The number of hydrogen-bond donors (Lipinski definition) is 1. The number of carboxylic acid groups (broad SMARTS) is 1. The number of aromatic nitrogens is 1. The van der Waals surface area contributed by atoms with E-state index in [1.54, 1.807) is 41.0 Å². The molecule has 0 aliphatic carbocycles. The summed E-state index contributed by atoms with van der Waals surface area (Å²) in [5, 5.41) is 9.52. The Bertz CT molecular complexity index is 931. The summed E-state index contributed by atoms with van der Waals surface area (Å²) >= 11 is 0. The number of pyridine rings is 1. The van der Waals surface area contributed by atoms with Gasteiger partial charge >= 0.3 is 5.97 Å². The number of para-hydroxylation sites is 1. The van der Waals surface area contributed by atoms with Gasteiger partial charge in [0.25, 0.3) is 0 Å². The van der Waals surface area contributed by atoms with Gasteiger partial charge in [-0.2, -0.15) is 0 Å². The van der Waals surface area contributed by atoms with Crippen LogP contribution in [-0.4, -0.2) is 15.6 Å². The van der Waals surface area contributed by atoms with Crippen molar-refractivity contribution >= 4 is 16.9 Å². The van der Waals surface area contributed by atoms with Gasteiger partial charge in [-0.25, -0.2) is 9.18 Å². The molecule has 0 aliphatic heterocycles. The third-order valence-electron chi connectivity index (χ3n) is 3.46. The van der Waals surface area contributed by atoms with Crippen molar-refractivity contribution < 1.29 is 14.3 Å². The van der Waals surface area contributed by atoms with E-state index in [2.05, 4.69) is 0 Å². The number of rotatable bonds is 3. The van der Waals surface area contributed by atoms with Crippen LogP contribution in [0.3, 0.4) is 0 Å². The van der Waals surface area contributed by atoms with E-state index in [0.717, 1.165) is 0 Å². The van der Waals surface area contributed by atoms with Crippen LogP contribution in [0, 0.1) is 5.82 Å². The molecule has 0 saturated heterocycles. The Morgan fingerprint density at radius 2 is 1.91 bits per heavy atom. The largest absolute Gasteiger partial charge is 0.477 e. The normalized spacial score (nSPS) is 10.8. The third kappa shape index (κ3) is 2.48. The van der Waals surface area contributed by atoms with E-state index in [-0.39, 0.29) is 17.9 Å². The number of halogens is 1. The Labute approximate surface area is 125 Å². The standard InChI is InChI=1S/C17H12FNO3/c18-12-5-3-4-11(8-12)9-19-10-14(17(21)22)16(20)13-6-1-2-7-15(13)19/h1-8,10H,9H2,(H,21,22). The minimum Gasteiger partial charge on any atom is -0.477 e. The first-order valence-electron chi connectivity index (χ1n) is 6.66. The number of fused-ring (bicyclic) bond motifs is 1. The highest BCUT2D eigenvalue weighted by atomic mass is 19.1. The van der Waals surface area contributed by atoms with Gasteiger partial charge in [-0.05, 0) is 29.8 Å². The molecule has 0 aliphatic rings. The summed E-state index contributed by atoms with van der Waals surface area (Å²) in [5.74, 6) is -1.63. The van der Waals surface area contributed by atoms with Crippen LogP contribution in [0.5, 0.6) is 0 Å². The predicted molar refractivity (Wildman–Crippen MR) is 80.7 cm³/mol. The van der Waals surface area contributed by atoms with Gasteiger partial charge in [-0.1, -0.05) is 24.3 Å². The summed E-state index contributed by atoms with van der Waals surface area (Å²) in [6.07, 6.45) is 1.30. The molecule has 4 nitrogen and oxygen atoms in total. The minimum atomic E-state index is -1.27. The molecule has 0 spiro atoms. The van der Waals surface area contributed by atoms with Crippen molar-refractivity contribution in [2.24, 2.45) is 0 Å². The van der Waals surface area contributed by atoms with Gasteiger partial charge in [0, 0.05) is 18.1 Å². The fourth-order valence-corrected chi connectivity index (χ4v) is 2.46. The predicted octanol–water partition coefficient (Wildman–Crippen LogP) is 2.89. The molecular weight excluding hydrogens is 285 g/mol. The summed E-state index contributed by atoms with van der Waals surface area (Å²) in [6.45, 7) is 0.277. The SMILES string of the molecule is O=C(O)c1cn(Cc2cccc(F)c2)c2ccccc2c1=O. The Hall–Kier alpha value is -2.95. The molecular formula is C17H12FNO3. The summed E-state index contributed by atoms with van der Waals surface area (Å²) in [5.41, 5.74) is 0.487. The fourth-order valence-electron chi connectivity index (χ4n) is 2.46. The molecule has 3 aromatic rings. The van der Waals surface area contributed by atoms with E-state index in [0.29, 0.717) is 16.5 Å². The van der Waals surface area contributed by atoms with E-state index >= 15 is 0 Å². The smallest absolute Gasteiger partial charge is 0.341 e. The van der Waals surface area contributed by atoms with Crippen LogP contribution >= 0.6 is 0 Å². The second kappa shape index (κ2) is 5.44. The number of carbonyl (C=O) groups is 1. The summed E-state index contributed by atoms with van der Waals surface area (Å²) in [7, 11) is 0. The molecule has 0 bridgehead atoms. The molecule has 0 fully saturated rings. The first kappa shape index (κ1) is 14.0. The van der Waals surface area contributed by atoms with Gasteiger partial charge < -0.3 is 9.67 Å². The van der Waals surface area contributed by atoms with Crippen molar-refractivity contribution in [2.75, 3.05) is 0 Å². The fraction of sp³-hybridized carbons (Fsp3) is 0.0588. The van der Waals surface area contributed by atoms with Gasteiger partial charge in [-0.15, -0.1) is 0 Å². The summed E-state index contributed by atoms with van der Waals surface area (Å²) in [6, 6.07) is 12.8. The van der Waals surface area contributed by atoms with E-state index in [9.17, 15) is 19.1 Å². The van der Waals surface area contributed by atoms with E-state index in [1.807, 2.05) is 0 Å². The number of hydrogen-bond acceptors (Lipinski definition) is 2. The van der Waals surface area contributed by atoms with Crippen molar-refractivity contribution in [3.8, 4) is 0 Å². The van der Waals surface area contributed by atoms with Crippen LogP contribution in [-0.2, 0) is 6.54 Å². The van der Waals surface area contributed by atoms with E-state index in [1.165, 1.54) is 18.3 Å². The van der Waals surface area contributed by atoms with Gasteiger partial charge in [0.1, 0.15) is 11.4 Å². The second-order valence-electron chi connectivity index (χ2n) is 4.95. The molecule has 1 aromatic heterocycles. The van der Waals surface area contributed by atoms with Gasteiger partial charge in [0.15, 0.2) is 0 Å². The lowest BCUT2D eigenvalue weighted by molar-refractivity contribution is 0.0695. The highest BCUT2D eigenvalue weighted by Gasteiger charge is 2.14. The first-order valence-corrected chi connectivity index (χ1v) is 6.66. The Balaban J connectivity index is 2.22. The Kier molecular flexibility index (Phi) is 3.47. The quantitative estimate of drug-likeness (QED) is 0.808. The van der Waals surface area contributed by atoms with Crippen LogP contribution in [0.2, 0.25) is 0 Å². The molecule has 5 heteroatoms. The topological polar surface area (TPSA) is 59.3 Å². The zero-order valence-corrected chi connectivity index (χ0v) is 11.5. The second-order valence-corrected chi connectivity index (χ2v) is 4.95. The maximum absolute atomic E-state index is 13.3. The number of nitrogens with zero attached hydrogens (tertiary/aromatic N) is 1. The van der Waals surface area contributed by atoms with Gasteiger partial charge in [-0.3, -0.25) is 4.79 Å². The van der Waals surface area contributed by atoms with Crippen molar-refractivity contribution in [1.29, 1.82) is 0 Å². The molecule has 0 unspecified atom stereocenters. The van der Waals surface area contributed by atoms with Crippen molar-refractivity contribution in [1.82, 2.24) is 4.57 Å². The molecule has 0 radical (unpaired) electrons. The van der Waals surface area contributed by atoms with Crippen LogP contribution in [0.15, 0.2) is 59.5 Å². The van der Waals surface area contributed by atoms with Crippen LogP contribution in [0.25, 0.3) is 10.9 Å². The van der Waals surface area contributed by atoms with Crippen LogP contribution in [0.4, 0.5) is 4.39 Å². The zero-order chi connectivity index (χ0) is 15.7. The molecule has 0 atom stereocenters. The van der Waals surface area contributed by atoms with Gasteiger partial charge in [0.2, 0.25) is 5.43 Å². The van der Waals surface area contributed by atoms with E-state index in [4.69, 9.17) is 0 Å². The lowest BCUT2D eigenvalue weighted by atomic mass is 10.1. The summed E-state index contributed by atoms with van der Waals surface area (Å²) in [4.78, 5) is 23.4. The number of carboxylic acids is 1. The minimum absolute atomic E-state index is 0.277. The molecule has 3 rings (SSSR count). The average Bonchev–Trinajstić information content (AvgIpc) is 2.50. The molecule has 2 aromatic carbocycles. The first-order chi connectivity index (χ1) is 10.6. The summed E-state index contributed by atoms with van der Waals surface area (Å²) < 4.78 is 14.9. The monoisotopic (exact) mass is 297 g/mol. The van der Waals surface area contributed by atoms with E-state index < -0.39 is 11.4 Å². The van der Waals surface area contributed by atoms with Crippen molar-refractivity contribution in [3.05, 3.63) is 81.9 Å². The third-order valence-corrected chi connectivity index (χ3v) is 3.46. The number of aromatic carboxylic acids is 1. The maximum atomic E-state index is 13.3. The Morgan fingerprint density at radius 1 is 1.14 bits per heavy atom. The van der Waals surface area contributed by atoms with Crippen molar-refractivity contribution in [2.45, 2.75) is 6.54 Å². The highest BCUT2D eigenvalue weighted by molar-refractivity contribution is 5.92. The average molecular weight is 297 g/mol. The maximum Gasteiger partial charge on any atom is 0.341 e. The lowest BCUT2D eigenvalue weighted by Crippen LogP contribution is -2.19. The lowest BCUT2D eigenvalue weighted by Gasteiger charge is -2.12. The molecule has 0 amide bonds. The molecule has 1 N–H and O–H groups in total. The van der Waals surface area contributed by atoms with Crippen LogP contribution < -0.4 is 5.43 Å².